The lowest BCUT2D eigenvalue weighted by Gasteiger charge is -2.26. The van der Waals surface area contributed by atoms with Crippen molar-refractivity contribution in [3.63, 3.8) is 0 Å². The van der Waals surface area contributed by atoms with E-state index in [4.69, 9.17) is 13.9 Å². The lowest BCUT2D eigenvalue weighted by molar-refractivity contribution is -0.122. The number of benzene rings is 1. The third-order valence-electron chi connectivity index (χ3n) is 4.07. The fourth-order valence-electron chi connectivity index (χ4n) is 2.73. The number of ether oxygens (including phenoxy) is 2. The summed E-state index contributed by atoms with van der Waals surface area (Å²) in [4.78, 5) is 12.7. The quantitative estimate of drug-likeness (QED) is 0.797. The summed E-state index contributed by atoms with van der Waals surface area (Å²) in [5.41, 5.74) is 1.52. The van der Waals surface area contributed by atoms with Gasteiger partial charge in [0.15, 0.2) is 6.29 Å². The Morgan fingerprint density at radius 2 is 1.87 bits per heavy atom. The van der Waals surface area contributed by atoms with E-state index >= 15 is 0 Å². The van der Waals surface area contributed by atoms with Crippen molar-refractivity contribution in [1.29, 1.82) is 0 Å². The number of carbonyl (C=O) groups excluding carboxylic acids is 1. The van der Waals surface area contributed by atoms with Crippen molar-refractivity contribution in [3.8, 4) is 0 Å². The maximum atomic E-state index is 12.7. The van der Waals surface area contributed by atoms with E-state index in [2.05, 4.69) is 5.32 Å². The van der Waals surface area contributed by atoms with Gasteiger partial charge in [-0.3, -0.25) is 4.79 Å². The summed E-state index contributed by atoms with van der Waals surface area (Å²) in [6.45, 7) is 0. The minimum atomic E-state index is -0.572. The molecule has 1 fully saturated rings. The first-order valence-corrected chi connectivity index (χ1v) is 7.73. The molecule has 1 aliphatic carbocycles. The largest absolute Gasteiger partial charge is 0.468 e. The van der Waals surface area contributed by atoms with Crippen LogP contribution in [0.2, 0.25) is 0 Å². The topological polar surface area (TPSA) is 60.7 Å². The van der Waals surface area contributed by atoms with Crippen molar-refractivity contribution in [3.05, 3.63) is 59.5 Å². The summed E-state index contributed by atoms with van der Waals surface area (Å²) in [6.07, 6.45) is 3.16. The van der Waals surface area contributed by atoms with E-state index in [1.165, 1.54) is 0 Å². The molecule has 0 spiro atoms. The lowest BCUT2D eigenvalue weighted by atomic mass is 10.1. The summed E-state index contributed by atoms with van der Waals surface area (Å²) in [7, 11) is 3.12. The second-order valence-corrected chi connectivity index (χ2v) is 5.67. The van der Waals surface area contributed by atoms with Crippen LogP contribution in [0, 0.1) is 0 Å². The Hall–Kier alpha value is -2.11. The molecule has 0 bridgehead atoms. The minimum absolute atomic E-state index is 0.173. The van der Waals surface area contributed by atoms with Crippen molar-refractivity contribution in [2.24, 2.45) is 0 Å². The summed E-state index contributed by atoms with van der Waals surface area (Å²) in [5, 5.41) is 3.01. The molecule has 0 radical (unpaired) electrons. The van der Waals surface area contributed by atoms with Gasteiger partial charge in [-0.25, -0.2) is 0 Å². The first kappa shape index (κ1) is 15.8. The van der Waals surface area contributed by atoms with E-state index in [1.54, 1.807) is 26.5 Å². The molecule has 0 saturated heterocycles. The normalized spacial score (nSPS) is 15.6. The molecule has 1 amide bonds. The smallest absolute Gasteiger partial charge is 0.255 e. The van der Waals surface area contributed by atoms with E-state index in [-0.39, 0.29) is 5.91 Å². The zero-order valence-corrected chi connectivity index (χ0v) is 13.3. The van der Waals surface area contributed by atoms with Gasteiger partial charge in [-0.15, -0.1) is 0 Å². The van der Waals surface area contributed by atoms with E-state index < -0.39 is 12.3 Å². The summed E-state index contributed by atoms with van der Waals surface area (Å²) < 4.78 is 16.2. The maximum absolute atomic E-state index is 12.7. The SMILES string of the molecule is COC(OC)C(NC(=O)c1ccoc1C1CC1)c1ccccc1. The van der Waals surface area contributed by atoms with Crippen LogP contribution in [0.25, 0.3) is 0 Å². The highest BCUT2D eigenvalue weighted by Gasteiger charge is 2.33. The highest BCUT2D eigenvalue weighted by atomic mass is 16.7. The van der Waals surface area contributed by atoms with Gasteiger partial charge in [-0.05, 0) is 24.5 Å². The van der Waals surface area contributed by atoms with Crippen LogP contribution in [0.4, 0.5) is 0 Å². The second-order valence-electron chi connectivity index (χ2n) is 5.67. The van der Waals surface area contributed by atoms with Crippen LogP contribution in [0.1, 0.15) is 46.5 Å². The number of carbonyl (C=O) groups is 1. The fourth-order valence-corrected chi connectivity index (χ4v) is 2.73. The second kappa shape index (κ2) is 6.98. The Kier molecular flexibility index (Phi) is 4.79. The fraction of sp³-hybridized carbons (Fsp3) is 0.389. The van der Waals surface area contributed by atoms with Crippen LogP contribution < -0.4 is 5.32 Å². The van der Waals surface area contributed by atoms with Crippen LogP contribution in [-0.4, -0.2) is 26.4 Å². The molecule has 5 heteroatoms. The first-order chi connectivity index (χ1) is 11.2. The van der Waals surface area contributed by atoms with Crippen LogP contribution in [0.3, 0.4) is 0 Å². The third-order valence-corrected chi connectivity index (χ3v) is 4.07. The molecule has 1 N–H and O–H groups in total. The van der Waals surface area contributed by atoms with Crippen molar-refractivity contribution in [1.82, 2.24) is 5.32 Å². The van der Waals surface area contributed by atoms with Crippen LogP contribution in [-0.2, 0) is 9.47 Å². The van der Waals surface area contributed by atoms with Crippen LogP contribution >= 0.6 is 0 Å². The highest BCUT2D eigenvalue weighted by Crippen LogP contribution is 2.42. The minimum Gasteiger partial charge on any atom is -0.468 e. The standard InChI is InChI=1S/C18H21NO4/c1-21-18(22-2)15(12-6-4-3-5-7-12)19-17(20)14-10-11-23-16(14)13-8-9-13/h3-7,10-11,13,15,18H,8-9H2,1-2H3,(H,19,20). The van der Waals surface area contributed by atoms with Gasteiger partial charge >= 0.3 is 0 Å². The molecule has 1 heterocycles. The maximum Gasteiger partial charge on any atom is 0.255 e. The molecule has 0 aliphatic heterocycles. The Labute approximate surface area is 135 Å². The van der Waals surface area contributed by atoms with Crippen LogP contribution in [0.5, 0.6) is 0 Å². The summed E-state index contributed by atoms with van der Waals surface area (Å²) in [6, 6.07) is 11.0. The number of furan rings is 1. The number of methoxy groups -OCH3 is 2. The molecule has 1 atom stereocenters. The van der Waals surface area contributed by atoms with Gasteiger partial charge in [-0.1, -0.05) is 30.3 Å². The van der Waals surface area contributed by atoms with E-state index in [1.807, 2.05) is 30.3 Å². The molecular weight excluding hydrogens is 294 g/mol. The van der Waals surface area contributed by atoms with Gasteiger partial charge in [-0.2, -0.15) is 0 Å². The molecule has 1 unspecified atom stereocenters. The molecule has 1 aromatic carbocycles. The van der Waals surface area contributed by atoms with Gasteiger partial charge in [0.05, 0.1) is 11.8 Å². The van der Waals surface area contributed by atoms with E-state index in [0.29, 0.717) is 11.5 Å². The monoisotopic (exact) mass is 315 g/mol. The van der Waals surface area contributed by atoms with Gasteiger partial charge in [0, 0.05) is 20.1 Å². The van der Waals surface area contributed by atoms with Gasteiger partial charge in [0.2, 0.25) is 0 Å². The Balaban J connectivity index is 1.83. The Morgan fingerprint density at radius 1 is 1.17 bits per heavy atom. The summed E-state index contributed by atoms with van der Waals surface area (Å²) >= 11 is 0. The molecule has 23 heavy (non-hydrogen) atoms. The Morgan fingerprint density at radius 3 is 2.48 bits per heavy atom. The molecule has 3 rings (SSSR count). The molecule has 122 valence electrons. The molecule has 1 aliphatic rings. The number of nitrogens with one attached hydrogen (secondary N) is 1. The molecule has 1 saturated carbocycles. The predicted molar refractivity (Wildman–Crippen MR) is 85.1 cm³/mol. The van der Waals surface area contributed by atoms with Gasteiger partial charge < -0.3 is 19.2 Å². The van der Waals surface area contributed by atoms with Crippen molar-refractivity contribution in [2.75, 3.05) is 14.2 Å². The van der Waals surface area contributed by atoms with Gasteiger partial charge in [0.25, 0.3) is 5.91 Å². The lowest BCUT2D eigenvalue weighted by Crippen LogP contribution is -2.38. The van der Waals surface area contributed by atoms with Gasteiger partial charge in [0.1, 0.15) is 11.8 Å². The van der Waals surface area contributed by atoms with Crippen molar-refractivity contribution < 1.29 is 18.7 Å². The average Bonchev–Trinajstić information content (AvgIpc) is 3.32. The third kappa shape index (κ3) is 3.46. The summed E-state index contributed by atoms with van der Waals surface area (Å²) in [5.74, 6) is 0.982. The predicted octanol–water partition coefficient (Wildman–Crippen LogP) is 3.25. The zero-order valence-electron chi connectivity index (χ0n) is 13.3. The molecular formula is C18H21NO4. The number of hydrogen-bond donors (Lipinski definition) is 1. The number of amides is 1. The number of rotatable bonds is 7. The van der Waals surface area contributed by atoms with Crippen LogP contribution in [0.15, 0.2) is 47.1 Å². The first-order valence-electron chi connectivity index (χ1n) is 7.73. The highest BCUT2D eigenvalue weighted by molar-refractivity contribution is 5.95. The van der Waals surface area contributed by atoms with E-state index in [0.717, 1.165) is 24.2 Å². The average molecular weight is 315 g/mol. The number of hydrogen-bond acceptors (Lipinski definition) is 4. The molecule has 2 aromatic rings. The zero-order chi connectivity index (χ0) is 16.2. The molecule has 1 aromatic heterocycles. The molecule has 5 nitrogen and oxygen atoms in total. The van der Waals surface area contributed by atoms with Crippen molar-refractivity contribution >= 4 is 5.91 Å². The van der Waals surface area contributed by atoms with Crippen molar-refractivity contribution in [2.45, 2.75) is 31.1 Å². The Bertz CT molecular complexity index is 644. The van der Waals surface area contributed by atoms with E-state index in [9.17, 15) is 4.79 Å².